The zero-order chi connectivity index (χ0) is 27.2. The predicted molar refractivity (Wildman–Crippen MR) is 129 cm³/mol. The smallest absolute Gasteiger partial charge is 0.459 e. The number of aromatic amines is 1. The summed E-state index contributed by atoms with van der Waals surface area (Å²) in [5.41, 5.74) is 7.43. The van der Waals surface area contributed by atoms with Crippen molar-refractivity contribution >= 4 is 13.7 Å². The Kier molecular flexibility index (Phi) is 9.27. The molecule has 2 heterocycles. The van der Waals surface area contributed by atoms with Gasteiger partial charge in [0.25, 0.3) is 5.56 Å². The lowest BCUT2D eigenvalue weighted by molar-refractivity contribution is -0.149. The van der Waals surface area contributed by atoms with Gasteiger partial charge in [-0.2, -0.15) is 5.09 Å². The number of aliphatic hydroxyl groups excluding tert-OH is 1. The van der Waals surface area contributed by atoms with Crippen LogP contribution < -0.4 is 20.9 Å². The predicted octanol–water partition coefficient (Wildman–Crippen LogP) is 1.61. The van der Waals surface area contributed by atoms with Crippen LogP contribution in [0.3, 0.4) is 0 Å². The second-order valence-electron chi connectivity index (χ2n) is 8.30. The lowest BCUT2D eigenvalue weighted by Gasteiger charge is -2.25. The van der Waals surface area contributed by atoms with Gasteiger partial charge in [0.1, 0.15) is 30.2 Å². The van der Waals surface area contributed by atoms with Crippen LogP contribution in [0.2, 0.25) is 0 Å². The fourth-order valence-electron chi connectivity index (χ4n) is 3.42. The van der Waals surface area contributed by atoms with E-state index in [0.717, 1.165) is 16.8 Å². The van der Waals surface area contributed by atoms with Crippen LogP contribution in [0.4, 0.5) is 0 Å². The number of aliphatic hydroxyl groups is 1. The fraction of sp³-hybridized carbons (Fsp3) is 0.476. The number of hydrogen-bond acceptors (Lipinski definition) is 10. The molecule has 0 spiro atoms. The number of azide groups is 1. The van der Waals surface area contributed by atoms with Crippen molar-refractivity contribution in [2.75, 3.05) is 6.61 Å². The molecule has 1 aliphatic heterocycles. The van der Waals surface area contributed by atoms with Crippen molar-refractivity contribution in [2.45, 2.75) is 57.4 Å². The Hall–Kier alpha value is -3.45. The van der Waals surface area contributed by atoms with Gasteiger partial charge in [-0.15, -0.1) is 0 Å². The summed E-state index contributed by atoms with van der Waals surface area (Å²) in [4.78, 5) is 40.6. The average molecular weight is 538 g/mol. The summed E-state index contributed by atoms with van der Waals surface area (Å²) in [6.07, 6.45) is -3.33. The Labute approximate surface area is 210 Å². The molecule has 1 saturated heterocycles. The van der Waals surface area contributed by atoms with E-state index in [1.807, 2.05) is 4.98 Å². The summed E-state index contributed by atoms with van der Waals surface area (Å²) in [5.74, 6) is -0.533. The highest BCUT2D eigenvalue weighted by atomic mass is 31.2. The molecule has 1 fully saturated rings. The second kappa shape index (κ2) is 12.2. The summed E-state index contributed by atoms with van der Waals surface area (Å²) in [7, 11) is -4.28. The van der Waals surface area contributed by atoms with Crippen molar-refractivity contribution in [1.82, 2.24) is 14.6 Å². The van der Waals surface area contributed by atoms with Crippen molar-refractivity contribution in [1.29, 1.82) is 0 Å². The molecule has 200 valence electrons. The molecule has 2 aromatic rings. The van der Waals surface area contributed by atoms with Crippen LogP contribution in [0, 0.1) is 0 Å². The number of nitrogens with one attached hydrogen (secondary N) is 2. The summed E-state index contributed by atoms with van der Waals surface area (Å²) < 4.78 is 36.4. The van der Waals surface area contributed by atoms with Crippen molar-refractivity contribution in [2.24, 2.45) is 5.11 Å². The third-order valence-corrected chi connectivity index (χ3v) is 6.73. The first-order chi connectivity index (χ1) is 17.5. The van der Waals surface area contributed by atoms with Gasteiger partial charge < -0.3 is 19.1 Å². The molecule has 3 N–H and O–H groups in total. The Morgan fingerprint density at radius 3 is 2.62 bits per heavy atom. The summed E-state index contributed by atoms with van der Waals surface area (Å²) in [6.45, 7) is 4.16. The van der Waals surface area contributed by atoms with E-state index in [4.69, 9.17) is 24.1 Å². The van der Waals surface area contributed by atoms with E-state index in [9.17, 15) is 24.1 Å². The molecule has 0 bridgehead atoms. The number of hydrogen-bond donors (Lipinski definition) is 3. The van der Waals surface area contributed by atoms with Gasteiger partial charge in [0.05, 0.1) is 18.8 Å². The molecular weight excluding hydrogens is 511 g/mol. The van der Waals surface area contributed by atoms with E-state index in [2.05, 4.69) is 15.1 Å². The van der Waals surface area contributed by atoms with Gasteiger partial charge in [0.2, 0.25) is 0 Å². The normalized spacial score (nSPS) is 23.6. The Balaban J connectivity index is 1.82. The molecule has 0 radical (unpaired) electrons. The molecule has 0 aliphatic carbocycles. The van der Waals surface area contributed by atoms with Crippen LogP contribution in [0.25, 0.3) is 10.4 Å². The molecule has 37 heavy (non-hydrogen) atoms. The largest absolute Gasteiger partial charge is 0.462 e. The first-order valence-corrected chi connectivity index (χ1v) is 12.7. The molecule has 0 amide bonds. The quantitative estimate of drug-likeness (QED) is 0.124. The van der Waals surface area contributed by atoms with E-state index < -0.39 is 68.2 Å². The maximum absolute atomic E-state index is 13.6. The second-order valence-corrected chi connectivity index (χ2v) is 10.00. The van der Waals surface area contributed by atoms with Crippen LogP contribution in [0.15, 0.2) is 57.3 Å². The molecular formula is C21H27N6O9P. The van der Waals surface area contributed by atoms with Crippen molar-refractivity contribution in [3.63, 3.8) is 0 Å². The summed E-state index contributed by atoms with van der Waals surface area (Å²) in [6, 6.07) is 6.69. The summed E-state index contributed by atoms with van der Waals surface area (Å²) in [5, 5.41) is 16.7. The number of esters is 1. The number of carbonyl (C=O) groups is 1. The molecule has 16 heteroatoms. The van der Waals surface area contributed by atoms with Gasteiger partial charge in [-0.3, -0.25) is 23.7 Å². The molecule has 15 nitrogen and oxygen atoms in total. The minimum atomic E-state index is -4.28. The molecule has 1 aromatic carbocycles. The lowest BCUT2D eigenvalue weighted by Crippen LogP contribution is -2.38. The van der Waals surface area contributed by atoms with Gasteiger partial charge in [-0.25, -0.2) is 9.36 Å². The van der Waals surface area contributed by atoms with E-state index in [1.165, 1.54) is 19.1 Å². The highest BCUT2D eigenvalue weighted by Gasteiger charge is 2.46. The number of carbonyl (C=O) groups excluding carboxylic acids is 1. The van der Waals surface area contributed by atoms with Crippen molar-refractivity contribution < 1.29 is 33.0 Å². The molecule has 6 atom stereocenters. The van der Waals surface area contributed by atoms with Gasteiger partial charge in [0.15, 0.2) is 0 Å². The fourth-order valence-corrected chi connectivity index (χ4v) is 4.92. The van der Waals surface area contributed by atoms with Gasteiger partial charge in [0, 0.05) is 17.2 Å². The Morgan fingerprint density at radius 2 is 2.00 bits per heavy atom. The number of aromatic nitrogens is 2. The van der Waals surface area contributed by atoms with Crippen molar-refractivity contribution in [3.05, 3.63) is 73.9 Å². The number of benzene rings is 1. The maximum atomic E-state index is 13.6. The Bertz CT molecular complexity index is 1290. The highest BCUT2D eigenvalue weighted by Crippen LogP contribution is 2.46. The number of nitrogens with zero attached hydrogens (tertiary/aromatic N) is 4. The van der Waals surface area contributed by atoms with Gasteiger partial charge in [-0.05, 0) is 38.4 Å². The van der Waals surface area contributed by atoms with Crippen LogP contribution in [0.5, 0.6) is 5.75 Å². The standard InChI is InChI=1S/C21H27N6O9P/c1-12(2)34-20(30)13(3)25-37(32,36-14-7-5-4-6-8-14)33-11-15-18(29)17(24-26-22)19(35-15)27-10-9-16(28)23-21(27)31/h4-10,12-13,15,17-19,29H,11H2,1-3H3,(H,25,32)(H,23,28,31)/t13-,15-,17-,18-,19-,37-/m1/s1. The zero-order valence-electron chi connectivity index (χ0n) is 20.2. The first kappa shape index (κ1) is 28.1. The third kappa shape index (κ3) is 7.29. The minimum Gasteiger partial charge on any atom is -0.462 e. The minimum absolute atomic E-state index is 0.167. The van der Waals surface area contributed by atoms with E-state index >= 15 is 0 Å². The monoisotopic (exact) mass is 538 g/mol. The number of H-pyrrole nitrogens is 1. The third-order valence-electron chi connectivity index (χ3n) is 5.08. The topological polar surface area (TPSA) is 207 Å². The van der Waals surface area contributed by atoms with Crippen LogP contribution in [-0.2, 0) is 23.4 Å². The van der Waals surface area contributed by atoms with Gasteiger partial charge >= 0.3 is 19.4 Å². The highest BCUT2D eigenvalue weighted by molar-refractivity contribution is 7.52. The SMILES string of the molecule is CC(C)OC(=O)[C@@H](C)N[P@@](=O)(OC[C@H]1O[C@@H](n2ccc(=O)[nH]c2=O)[C@H](N=[N+]=[N-])[C@@H]1O)Oc1ccccc1. The molecule has 0 unspecified atom stereocenters. The van der Waals surface area contributed by atoms with E-state index in [0.29, 0.717) is 0 Å². The Morgan fingerprint density at radius 1 is 1.30 bits per heavy atom. The summed E-state index contributed by atoms with van der Waals surface area (Å²) >= 11 is 0. The average Bonchev–Trinajstić information content (AvgIpc) is 3.13. The lowest BCUT2D eigenvalue weighted by atomic mass is 10.1. The van der Waals surface area contributed by atoms with E-state index in [1.54, 1.807) is 32.0 Å². The molecule has 3 rings (SSSR count). The van der Waals surface area contributed by atoms with Gasteiger partial charge in [-0.1, -0.05) is 23.3 Å². The van der Waals surface area contributed by atoms with E-state index in [-0.39, 0.29) is 5.75 Å². The molecule has 1 aromatic heterocycles. The van der Waals surface area contributed by atoms with Crippen molar-refractivity contribution in [3.8, 4) is 5.75 Å². The molecule has 0 saturated carbocycles. The number of rotatable bonds is 11. The number of ether oxygens (including phenoxy) is 2. The zero-order valence-corrected chi connectivity index (χ0v) is 21.1. The maximum Gasteiger partial charge on any atom is 0.459 e. The molecule has 1 aliphatic rings. The van der Waals surface area contributed by atoms with Crippen LogP contribution >= 0.6 is 7.75 Å². The first-order valence-electron chi connectivity index (χ1n) is 11.2. The van der Waals surface area contributed by atoms with Crippen LogP contribution in [-0.4, -0.2) is 57.6 Å². The number of para-hydroxylation sites is 1. The van der Waals surface area contributed by atoms with Crippen LogP contribution in [0.1, 0.15) is 27.0 Å².